The Kier molecular flexibility index (Phi) is 6.83. The molecule has 0 bridgehead atoms. The average molecular weight is 421 g/mol. The fourth-order valence-corrected chi connectivity index (χ4v) is 4.20. The largest absolute Gasteiger partial charge is 0.381 e. The Morgan fingerprint density at radius 2 is 1.86 bits per heavy atom. The summed E-state index contributed by atoms with van der Waals surface area (Å²) in [6.07, 6.45) is 2.25. The second-order valence-corrected chi connectivity index (χ2v) is 8.57. The Bertz CT molecular complexity index is 942. The van der Waals surface area contributed by atoms with Crippen molar-refractivity contribution >= 4 is 27.3 Å². The highest BCUT2D eigenvalue weighted by atomic mass is 32.2. The fourth-order valence-electron chi connectivity index (χ4n) is 3.19. The van der Waals surface area contributed by atoms with Crippen LogP contribution in [0, 0.1) is 5.82 Å². The monoisotopic (exact) mass is 421 g/mol. The number of ether oxygens (including phenoxy) is 1. The van der Waals surface area contributed by atoms with Crippen molar-refractivity contribution in [2.24, 2.45) is 0 Å². The van der Waals surface area contributed by atoms with Crippen LogP contribution in [-0.2, 0) is 19.6 Å². The van der Waals surface area contributed by atoms with Gasteiger partial charge in [0.05, 0.1) is 17.5 Å². The van der Waals surface area contributed by atoms with Gasteiger partial charge in [-0.05, 0) is 55.3 Å². The zero-order valence-electron chi connectivity index (χ0n) is 16.1. The highest BCUT2D eigenvalue weighted by Gasteiger charge is 2.19. The molecule has 0 unspecified atom stereocenters. The minimum atomic E-state index is -3.97. The van der Waals surface area contributed by atoms with Crippen molar-refractivity contribution in [2.75, 3.05) is 37.0 Å². The summed E-state index contributed by atoms with van der Waals surface area (Å²) in [6.45, 7) is 1.36. The molecule has 0 spiro atoms. The second kappa shape index (κ2) is 9.34. The van der Waals surface area contributed by atoms with Crippen LogP contribution in [0.1, 0.15) is 12.8 Å². The van der Waals surface area contributed by atoms with Crippen molar-refractivity contribution in [1.29, 1.82) is 0 Å². The Morgan fingerprint density at radius 3 is 2.48 bits per heavy atom. The lowest BCUT2D eigenvalue weighted by Crippen LogP contribution is -2.36. The summed E-state index contributed by atoms with van der Waals surface area (Å²) in [5.74, 6) is -1.18. The molecule has 1 heterocycles. The molecule has 1 aliphatic heterocycles. The summed E-state index contributed by atoms with van der Waals surface area (Å²) >= 11 is 0. The van der Waals surface area contributed by atoms with Crippen LogP contribution in [0.15, 0.2) is 53.4 Å². The van der Waals surface area contributed by atoms with E-state index in [-0.39, 0.29) is 4.90 Å². The number of carbonyl (C=O) groups excluding carboxylic acids is 1. The van der Waals surface area contributed by atoms with E-state index in [1.165, 1.54) is 12.1 Å². The van der Waals surface area contributed by atoms with E-state index < -0.39 is 28.3 Å². The third kappa shape index (κ3) is 5.75. The van der Waals surface area contributed by atoms with Gasteiger partial charge in [0.1, 0.15) is 5.82 Å². The Hall–Kier alpha value is -2.49. The maximum absolute atomic E-state index is 13.2. The topological polar surface area (TPSA) is 87.7 Å². The molecule has 2 aromatic rings. The Labute approximate surface area is 169 Å². The Morgan fingerprint density at radius 1 is 1.17 bits per heavy atom. The number of sulfonamides is 1. The molecule has 1 saturated heterocycles. The van der Waals surface area contributed by atoms with Crippen molar-refractivity contribution in [3.63, 3.8) is 0 Å². The third-order valence-electron chi connectivity index (χ3n) is 4.82. The number of carbonyl (C=O) groups is 1. The summed E-state index contributed by atoms with van der Waals surface area (Å²) in [4.78, 5) is 14.1. The van der Waals surface area contributed by atoms with E-state index in [1.807, 2.05) is 12.1 Å². The standard InChI is InChI=1S/C20H24FN3O4S/c1-28-18-9-11-24(12-10-18)17-7-5-16(6-8-17)23-20(25)14-22-29(26,27)19-4-2-3-15(21)13-19/h2-8,13,18,22H,9-12,14H2,1H3,(H,23,25). The highest BCUT2D eigenvalue weighted by Crippen LogP contribution is 2.23. The fraction of sp³-hybridized carbons (Fsp3) is 0.350. The molecule has 9 heteroatoms. The zero-order valence-corrected chi connectivity index (χ0v) is 16.9. The molecule has 3 rings (SSSR count). The molecule has 156 valence electrons. The van der Waals surface area contributed by atoms with Crippen LogP contribution in [0.2, 0.25) is 0 Å². The van der Waals surface area contributed by atoms with Crippen molar-refractivity contribution in [3.05, 3.63) is 54.3 Å². The highest BCUT2D eigenvalue weighted by molar-refractivity contribution is 7.89. The van der Waals surface area contributed by atoms with Crippen molar-refractivity contribution in [2.45, 2.75) is 23.8 Å². The van der Waals surface area contributed by atoms with Crippen molar-refractivity contribution in [3.8, 4) is 0 Å². The molecule has 1 fully saturated rings. The number of amides is 1. The number of anilines is 2. The molecule has 0 aliphatic carbocycles. The van der Waals surface area contributed by atoms with Gasteiger partial charge in [0, 0.05) is 31.6 Å². The normalized spacial score (nSPS) is 15.3. The molecule has 2 N–H and O–H groups in total. The van der Waals surface area contributed by atoms with E-state index in [0.29, 0.717) is 11.8 Å². The number of hydrogen-bond acceptors (Lipinski definition) is 5. The van der Waals surface area contributed by atoms with Crippen LogP contribution >= 0.6 is 0 Å². The molecule has 0 saturated carbocycles. The van der Waals surface area contributed by atoms with Gasteiger partial charge in [0.15, 0.2) is 0 Å². The lowest BCUT2D eigenvalue weighted by molar-refractivity contribution is -0.115. The summed E-state index contributed by atoms with van der Waals surface area (Å²) in [7, 11) is -2.23. The number of methoxy groups -OCH3 is 1. The first-order chi connectivity index (χ1) is 13.9. The Balaban J connectivity index is 1.52. The number of hydrogen-bond donors (Lipinski definition) is 2. The predicted octanol–water partition coefficient (Wildman–Crippen LogP) is 2.36. The molecule has 0 radical (unpaired) electrons. The minimum absolute atomic E-state index is 0.230. The zero-order chi connectivity index (χ0) is 20.9. The van der Waals surface area contributed by atoms with Gasteiger partial charge >= 0.3 is 0 Å². The van der Waals surface area contributed by atoms with Gasteiger partial charge < -0.3 is 15.0 Å². The van der Waals surface area contributed by atoms with E-state index in [4.69, 9.17) is 4.74 Å². The SMILES string of the molecule is COC1CCN(c2ccc(NC(=O)CNS(=O)(=O)c3cccc(F)c3)cc2)CC1. The first kappa shape index (κ1) is 21.2. The minimum Gasteiger partial charge on any atom is -0.381 e. The van der Waals surface area contributed by atoms with Gasteiger partial charge in [-0.15, -0.1) is 0 Å². The van der Waals surface area contributed by atoms with Gasteiger partial charge in [-0.2, -0.15) is 0 Å². The molecule has 29 heavy (non-hydrogen) atoms. The first-order valence-corrected chi connectivity index (χ1v) is 10.8. The van der Waals surface area contributed by atoms with Crippen molar-refractivity contribution in [1.82, 2.24) is 4.72 Å². The number of nitrogens with zero attached hydrogens (tertiary/aromatic N) is 1. The number of rotatable bonds is 7. The van der Waals surface area contributed by atoms with E-state index in [9.17, 15) is 17.6 Å². The van der Waals surface area contributed by atoms with E-state index >= 15 is 0 Å². The number of halogens is 1. The van der Waals surface area contributed by atoms with E-state index in [0.717, 1.165) is 43.8 Å². The van der Waals surface area contributed by atoms with Gasteiger partial charge in [-0.3, -0.25) is 4.79 Å². The van der Waals surface area contributed by atoms with Crippen LogP contribution in [0.25, 0.3) is 0 Å². The smallest absolute Gasteiger partial charge is 0.241 e. The van der Waals surface area contributed by atoms with E-state index in [1.54, 1.807) is 19.2 Å². The molecule has 0 aromatic heterocycles. The summed E-state index contributed by atoms with van der Waals surface area (Å²) < 4.78 is 45.0. The van der Waals surface area contributed by atoms with Gasteiger partial charge in [-0.25, -0.2) is 17.5 Å². The molecule has 2 aromatic carbocycles. The predicted molar refractivity (Wildman–Crippen MR) is 109 cm³/mol. The van der Waals surface area contributed by atoms with Gasteiger partial charge in [0.25, 0.3) is 0 Å². The number of piperidine rings is 1. The lowest BCUT2D eigenvalue weighted by Gasteiger charge is -2.33. The van der Waals surface area contributed by atoms with Crippen molar-refractivity contribution < 1.29 is 22.3 Å². The summed E-state index contributed by atoms with van der Waals surface area (Å²) in [6, 6.07) is 12.0. The molecule has 7 nitrogen and oxygen atoms in total. The van der Waals surface area contributed by atoms with Gasteiger partial charge in [-0.1, -0.05) is 6.07 Å². The second-order valence-electron chi connectivity index (χ2n) is 6.80. The first-order valence-electron chi connectivity index (χ1n) is 9.30. The molecular formula is C20H24FN3O4S. The number of benzene rings is 2. The van der Waals surface area contributed by atoms with Crippen LogP contribution in [0.5, 0.6) is 0 Å². The lowest BCUT2D eigenvalue weighted by atomic mass is 10.1. The quantitative estimate of drug-likeness (QED) is 0.717. The van der Waals surface area contributed by atoms with Crippen LogP contribution in [-0.4, -0.2) is 47.2 Å². The maximum Gasteiger partial charge on any atom is 0.241 e. The maximum atomic E-state index is 13.2. The van der Waals surface area contributed by atoms with Crippen LogP contribution in [0.4, 0.5) is 15.8 Å². The molecule has 0 atom stereocenters. The summed E-state index contributed by atoms with van der Waals surface area (Å²) in [5, 5.41) is 2.65. The van der Waals surface area contributed by atoms with Crippen LogP contribution in [0.3, 0.4) is 0 Å². The average Bonchev–Trinajstić information content (AvgIpc) is 2.73. The molecule has 1 amide bonds. The number of nitrogens with one attached hydrogen (secondary N) is 2. The third-order valence-corrected chi connectivity index (χ3v) is 6.22. The summed E-state index contributed by atoms with van der Waals surface area (Å²) in [5.41, 5.74) is 1.62. The van der Waals surface area contributed by atoms with Gasteiger partial charge in [0.2, 0.25) is 15.9 Å². The molecular weight excluding hydrogens is 397 g/mol. The van der Waals surface area contributed by atoms with E-state index in [2.05, 4.69) is 14.9 Å². The van der Waals surface area contributed by atoms with Crippen LogP contribution < -0.4 is 14.9 Å². The molecule has 1 aliphatic rings.